The molecule has 0 saturated carbocycles. The quantitative estimate of drug-likeness (QED) is 0.766. The summed E-state index contributed by atoms with van der Waals surface area (Å²) in [4.78, 5) is 0.160. The highest BCUT2D eigenvalue weighted by molar-refractivity contribution is 7.89. The van der Waals surface area contributed by atoms with E-state index in [4.69, 9.17) is 10.5 Å². The monoisotopic (exact) mass is 310 g/mol. The molecule has 6 heteroatoms. The van der Waals surface area contributed by atoms with Gasteiger partial charge in [0.25, 0.3) is 0 Å². The first-order valence-electron chi connectivity index (χ1n) is 6.71. The summed E-state index contributed by atoms with van der Waals surface area (Å²) in [6.45, 7) is 4.37. The molecule has 21 heavy (non-hydrogen) atoms. The Balaban J connectivity index is 3.13. The first-order chi connectivity index (χ1) is 9.92. The van der Waals surface area contributed by atoms with Crippen LogP contribution in [0, 0.1) is 17.8 Å². The Morgan fingerprint density at radius 3 is 2.57 bits per heavy atom. The van der Waals surface area contributed by atoms with Crippen LogP contribution in [0.3, 0.4) is 0 Å². The molecule has 1 aromatic rings. The molecule has 1 rings (SSSR count). The van der Waals surface area contributed by atoms with Gasteiger partial charge in [-0.05, 0) is 18.1 Å². The minimum Gasteiger partial charge on any atom is -0.383 e. The maximum atomic E-state index is 12.5. The highest BCUT2D eigenvalue weighted by atomic mass is 32.2. The molecule has 0 aliphatic heterocycles. The summed E-state index contributed by atoms with van der Waals surface area (Å²) in [6.07, 6.45) is 0. The van der Waals surface area contributed by atoms with E-state index in [0.717, 1.165) is 0 Å². The highest BCUT2D eigenvalue weighted by Gasteiger charge is 2.24. The zero-order valence-electron chi connectivity index (χ0n) is 12.6. The molecule has 0 amide bonds. The minimum atomic E-state index is -3.66. The number of sulfonamides is 1. The van der Waals surface area contributed by atoms with Crippen LogP contribution in [0.25, 0.3) is 0 Å². The van der Waals surface area contributed by atoms with Gasteiger partial charge in [-0.15, -0.1) is 0 Å². The smallest absolute Gasteiger partial charge is 0.242 e. The van der Waals surface area contributed by atoms with E-state index in [9.17, 15) is 8.42 Å². The van der Waals surface area contributed by atoms with Crippen molar-refractivity contribution in [3.8, 4) is 11.8 Å². The van der Waals surface area contributed by atoms with Gasteiger partial charge in [-0.1, -0.05) is 37.8 Å². The van der Waals surface area contributed by atoms with Gasteiger partial charge < -0.3 is 10.5 Å². The molecule has 1 atom stereocenters. The van der Waals surface area contributed by atoms with Gasteiger partial charge in [0.2, 0.25) is 10.0 Å². The fraction of sp³-hybridized carbons (Fsp3) is 0.467. The van der Waals surface area contributed by atoms with Gasteiger partial charge in [0.1, 0.15) is 0 Å². The SMILES string of the molecule is COCC(NS(=O)(=O)c1ccccc1C#CCN)C(C)C. The van der Waals surface area contributed by atoms with Crippen molar-refractivity contribution < 1.29 is 13.2 Å². The van der Waals surface area contributed by atoms with Crippen LogP contribution in [-0.4, -0.2) is 34.7 Å². The molecular weight excluding hydrogens is 288 g/mol. The Morgan fingerprint density at radius 1 is 1.33 bits per heavy atom. The molecule has 0 spiro atoms. The third kappa shape index (κ3) is 5.14. The maximum Gasteiger partial charge on any atom is 0.242 e. The van der Waals surface area contributed by atoms with Crippen molar-refractivity contribution in [2.24, 2.45) is 11.7 Å². The molecule has 0 heterocycles. The van der Waals surface area contributed by atoms with E-state index in [2.05, 4.69) is 16.6 Å². The molecule has 3 N–H and O–H groups in total. The van der Waals surface area contributed by atoms with E-state index in [1.54, 1.807) is 25.3 Å². The number of rotatable bonds is 6. The lowest BCUT2D eigenvalue weighted by atomic mass is 10.1. The van der Waals surface area contributed by atoms with E-state index < -0.39 is 10.0 Å². The molecule has 0 saturated heterocycles. The predicted molar refractivity (Wildman–Crippen MR) is 83.2 cm³/mol. The molecular formula is C15H22N2O3S. The van der Waals surface area contributed by atoms with Gasteiger partial charge in [-0.2, -0.15) is 0 Å². The van der Waals surface area contributed by atoms with Gasteiger partial charge in [-0.25, -0.2) is 13.1 Å². The molecule has 0 aliphatic rings. The number of nitrogens with two attached hydrogens (primary N) is 1. The standard InChI is InChI=1S/C15H22N2O3S/c1-12(2)14(11-20-3)17-21(18,19)15-9-5-4-7-13(15)8-6-10-16/h4-5,7,9,12,14,17H,10-11,16H2,1-3H3. The first kappa shape index (κ1) is 17.7. The number of methoxy groups -OCH3 is 1. The highest BCUT2D eigenvalue weighted by Crippen LogP contribution is 2.16. The zero-order chi connectivity index (χ0) is 15.9. The number of nitrogens with one attached hydrogen (secondary N) is 1. The first-order valence-corrected chi connectivity index (χ1v) is 8.20. The van der Waals surface area contributed by atoms with Crippen LogP contribution < -0.4 is 10.5 Å². The van der Waals surface area contributed by atoms with Crippen LogP contribution in [-0.2, 0) is 14.8 Å². The average molecular weight is 310 g/mol. The van der Waals surface area contributed by atoms with Crippen LogP contribution in [0.5, 0.6) is 0 Å². The molecule has 1 unspecified atom stereocenters. The second-order valence-corrected chi connectivity index (χ2v) is 6.61. The molecule has 0 aromatic heterocycles. The largest absolute Gasteiger partial charge is 0.383 e. The van der Waals surface area contributed by atoms with Crippen molar-refractivity contribution in [1.82, 2.24) is 4.72 Å². The average Bonchev–Trinajstić information content (AvgIpc) is 2.44. The molecule has 0 aliphatic carbocycles. The van der Waals surface area contributed by atoms with E-state index >= 15 is 0 Å². The van der Waals surface area contributed by atoms with Crippen molar-refractivity contribution >= 4 is 10.0 Å². The van der Waals surface area contributed by atoms with Crippen LogP contribution in [0.2, 0.25) is 0 Å². The van der Waals surface area contributed by atoms with Crippen LogP contribution in [0.15, 0.2) is 29.2 Å². The molecule has 0 bridgehead atoms. The lowest BCUT2D eigenvalue weighted by Crippen LogP contribution is -2.41. The number of ether oxygens (including phenoxy) is 1. The van der Waals surface area contributed by atoms with Gasteiger partial charge >= 0.3 is 0 Å². The molecule has 1 aromatic carbocycles. The van der Waals surface area contributed by atoms with Crippen molar-refractivity contribution in [2.45, 2.75) is 24.8 Å². The van der Waals surface area contributed by atoms with E-state index in [1.807, 2.05) is 13.8 Å². The topological polar surface area (TPSA) is 81.4 Å². The van der Waals surface area contributed by atoms with Crippen molar-refractivity contribution in [1.29, 1.82) is 0 Å². The second-order valence-electron chi connectivity index (χ2n) is 4.93. The van der Waals surface area contributed by atoms with Crippen LogP contribution >= 0.6 is 0 Å². The summed E-state index contributed by atoms with van der Waals surface area (Å²) >= 11 is 0. The molecule has 0 fully saturated rings. The fourth-order valence-electron chi connectivity index (χ4n) is 1.76. The van der Waals surface area contributed by atoms with E-state index in [0.29, 0.717) is 12.2 Å². The Morgan fingerprint density at radius 2 is 2.00 bits per heavy atom. The van der Waals surface area contributed by atoms with Crippen LogP contribution in [0.1, 0.15) is 19.4 Å². The third-order valence-corrected chi connectivity index (χ3v) is 4.51. The molecule has 5 nitrogen and oxygen atoms in total. The van der Waals surface area contributed by atoms with Gasteiger partial charge in [-0.3, -0.25) is 0 Å². The number of benzene rings is 1. The Bertz CT molecular complexity index is 615. The summed E-state index contributed by atoms with van der Waals surface area (Å²) in [5.41, 5.74) is 5.78. The minimum absolute atomic E-state index is 0.113. The normalized spacial score (nSPS) is 12.8. The van der Waals surface area contributed by atoms with Crippen molar-refractivity contribution in [2.75, 3.05) is 20.3 Å². The summed E-state index contributed by atoms with van der Waals surface area (Å²) in [6, 6.07) is 6.32. The van der Waals surface area contributed by atoms with Crippen LogP contribution in [0.4, 0.5) is 0 Å². The van der Waals surface area contributed by atoms with Crippen molar-refractivity contribution in [3.63, 3.8) is 0 Å². The summed E-state index contributed by atoms with van der Waals surface area (Å²) in [7, 11) is -2.12. The Kier molecular flexibility index (Phi) is 6.85. The van der Waals surface area contributed by atoms with Gasteiger partial charge in [0.15, 0.2) is 0 Å². The lowest BCUT2D eigenvalue weighted by molar-refractivity contribution is 0.157. The summed E-state index contributed by atoms with van der Waals surface area (Å²) < 4.78 is 32.8. The number of hydrogen-bond acceptors (Lipinski definition) is 4. The van der Waals surface area contributed by atoms with E-state index in [1.165, 1.54) is 6.07 Å². The summed E-state index contributed by atoms with van der Waals surface area (Å²) in [5.74, 6) is 5.58. The Labute approximate surface area is 126 Å². The number of hydrogen-bond donors (Lipinski definition) is 2. The summed E-state index contributed by atoms with van der Waals surface area (Å²) in [5, 5.41) is 0. The Hall–Kier alpha value is -1.39. The molecule has 116 valence electrons. The zero-order valence-corrected chi connectivity index (χ0v) is 13.4. The lowest BCUT2D eigenvalue weighted by Gasteiger charge is -2.21. The second kappa shape index (κ2) is 8.15. The third-order valence-electron chi connectivity index (χ3n) is 2.96. The van der Waals surface area contributed by atoms with E-state index in [-0.39, 0.29) is 23.4 Å². The van der Waals surface area contributed by atoms with Crippen molar-refractivity contribution in [3.05, 3.63) is 29.8 Å². The fourth-order valence-corrected chi connectivity index (χ4v) is 3.29. The van der Waals surface area contributed by atoms with Gasteiger partial charge in [0.05, 0.1) is 18.0 Å². The molecule has 0 radical (unpaired) electrons. The maximum absolute atomic E-state index is 12.5. The van der Waals surface area contributed by atoms with Gasteiger partial charge in [0, 0.05) is 18.7 Å². The predicted octanol–water partition coefficient (Wildman–Crippen LogP) is 0.946.